The van der Waals surface area contributed by atoms with Gasteiger partial charge in [-0.25, -0.2) is 9.18 Å². The number of methoxy groups -OCH3 is 1. The Morgan fingerprint density at radius 3 is 2.57 bits per heavy atom. The van der Waals surface area contributed by atoms with Crippen LogP contribution in [0.3, 0.4) is 0 Å². The van der Waals surface area contributed by atoms with E-state index in [2.05, 4.69) is 16.6 Å². The third-order valence-electron chi connectivity index (χ3n) is 4.89. The highest BCUT2D eigenvalue weighted by molar-refractivity contribution is 5.74. The van der Waals surface area contributed by atoms with E-state index in [0.29, 0.717) is 24.6 Å². The van der Waals surface area contributed by atoms with Crippen LogP contribution in [0.2, 0.25) is 0 Å². The number of benzene rings is 2. The average Bonchev–Trinajstić information content (AvgIpc) is 3.51. The standard InChI is InChI=1S/C22H23FN2O3/c1-3-12-28-20-13-16(4-9-19(20)27-2)14-24-21(26)25-15-22(10-11-22)17-5-7-18(23)8-6-17/h1,4-9,13H,10-12,14-15H2,2H3,(H2,24,25,26). The Kier molecular flexibility index (Phi) is 6.05. The number of nitrogens with one attached hydrogen (secondary N) is 2. The van der Waals surface area contributed by atoms with Gasteiger partial charge in [0.2, 0.25) is 0 Å². The summed E-state index contributed by atoms with van der Waals surface area (Å²) in [6.07, 6.45) is 7.19. The first-order valence-corrected chi connectivity index (χ1v) is 9.07. The van der Waals surface area contributed by atoms with Gasteiger partial charge >= 0.3 is 6.03 Å². The fourth-order valence-electron chi connectivity index (χ4n) is 3.08. The molecule has 1 fully saturated rings. The molecule has 28 heavy (non-hydrogen) atoms. The minimum absolute atomic E-state index is 0.0820. The van der Waals surface area contributed by atoms with E-state index >= 15 is 0 Å². The topological polar surface area (TPSA) is 59.6 Å². The van der Waals surface area contributed by atoms with Crippen LogP contribution in [-0.4, -0.2) is 26.3 Å². The molecule has 2 aromatic rings. The zero-order valence-electron chi connectivity index (χ0n) is 15.8. The molecule has 0 atom stereocenters. The maximum atomic E-state index is 13.1. The normalized spacial score (nSPS) is 13.9. The van der Waals surface area contributed by atoms with Crippen molar-refractivity contribution in [2.45, 2.75) is 24.8 Å². The summed E-state index contributed by atoms with van der Waals surface area (Å²) < 4.78 is 23.8. The van der Waals surface area contributed by atoms with Crippen molar-refractivity contribution >= 4 is 6.03 Å². The molecule has 5 nitrogen and oxygen atoms in total. The van der Waals surface area contributed by atoms with Gasteiger partial charge < -0.3 is 20.1 Å². The molecule has 2 amide bonds. The van der Waals surface area contributed by atoms with Crippen molar-refractivity contribution in [3.63, 3.8) is 0 Å². The van der Waals surface area contributed by atoms with Gasteiger partial charge in [0.15, 0.2) is 11.5 Å². The number of urea groups is 1. The molecule has 0 unspecified atom stereocenters. The second-order valence-electron chi connectivity index (χ2n) is 6.80. The first kappa shape index (κ1) is 19.6. The van der Waals surface area contributed by atoms with Gasteiger partial charge in [0.1, 0.15) is 12.4 Å². The Morgan fingerprint density at radius 2 is 1.93 bits per heavy atom. The van der Waals surface area contributed by atoms with E-state index < -0.39 is 0 Å². The maximum absolute atomic E-state index is 13.1. The Labute approximate surface area is 164 Å². The minimum Gasteiger partial charge on any atom is -0.493 e. The number of carbonyl (C=O) groups is 1. The quantitative estimate of drug-likeness (QED) is 0.688. The lowest BCUT2D eigenvalue weighted by Gasteiger charge is -2.17. The van der Waals surface area contributed by atoms with Crippen LogP contribution in [0, 0.1) is 18.2 Å². The number of rotatable bonds is 8. The molecule has 0 bridgehead atoms. The van der Waals surface area contributed by atoms with Crippen molar-refractivity contribution in [3.8, 4) is 23.8 Å². The van der Waals surface area contributed by atoms with E-state index in [9.17, 15) is 9.18 Å². The van der Waals surface area contributed by atoms with Gasteiger partial charge in [0.05, 0.1) is 7.11 Å². The van der Waals surface area contributed by atoms with E-state index in [-0.39, 0.29) is 23.9 Å². The summed E-state index contributed by atoms with van der Waals surface area (Å²) >= 11 is 0. The maximum Gasteiger partial charge on any atom is 0.315 e. The number of halogens is 1. The highest BCUT2D eigenvalue weighted by Gasteiger charge is 2.44. The summed E-state index contributed by atoms with van der Waals surface area (Å²) in [5, 5.41) is 5.75. The summed E-state index contributed by atoms with van der Waals surface area (Å²) in [6, 6.07) is 11.6. The highest BCUT2D eigenvalue weighted by Crippen LogP contribution is 2.47. The molecule has 2 aromatic carbocycles. The lowest BCUT2D eigenvalue weighted by Crippen LogP contribution is -2.39. The van der Waals surface area contributed by atoms with Crippen molar-refractivity contribution in [1.82, 2.24) is 10.6 Å². The van der Waals surface area contributed by atoms with Crippen LogP contribution in [0.4, 0.5) is 9.18 Å². The first-order chi connectivity index (χ1) is 13.6. The molecule has 146 valence electrons. The SMILES string of the molecule is C#CCOc1cc(CNC(=O)NCC2(c3ccc(F)cc3)CC2)ccc1OC. The Bertz CT molecular complexity index is 870. The summed E-state index contributed by atoms with van der Waals surface area (Å²) in [7, 11) is 1.55. The molecule has 0 heterocycles. The Balaban J connectivity index is 1.52. The second kappa shape index (κ2) is 8.66. The predicted molar refractivity (Wildman–Crippen MR) is 105 cm³/mol. The third kappa shape index (κ3) is 4.74. The van der Waals surface area contributed by atoms with Gasteiger partial charge in [0.25, 0.3) is 0 Å². The van der Waals surface area contributed by atoms with E-state index in [1.807, 2.05) is 6.07 Å². The number of terminal acetylenes is 1. The molecular weight excluding hydrogens is 359 g/mol. The molecule has 0 aromatic heterocycles. The summed E-state index contributed by atoms with van der Waals surface area (Å²) in [5.74, 6) is 3.28. The molecule has 0 aliphatic heterocycles. The van der Waals surface area contributed by atoms with Gasteiger partial charge in [-0.1, -0.05) is 24.1 Å². The summed E-state index contributed by atoms with van der Waals surface area (Å²) in [4.78, 5) is 12.2. The van der Waals surface area contributed by atoms with Crippen LogP contribution in [0.5, 0.6) is 11.5 Å². The largest absolute Gasteiger partial charge is 0.493 e. The van der Waals surface area contributed by atoms with Crippen LogP contribution in [0.25, 0.3) is 0 Å². The average molecular weight is 382 g/mol. The molecule has 0 spiro atoms. The van der Waals surface area contributed by atoms with Crippen molar-refractivity contribution in [2.24, 2.45) is 0 Å². The van der Waals surface area contributed by atoms with E-state index in [0.717, 1.165) is 24.0 Å². The molecule has 1 saturated carbocycles. The Morgan fingerprint density at radius 1 is 1.18 bits per heavy atom. The van der Waals surface area contributed by atoms with Crippen LogP contribution in [0.15, 0.2) is 42.5 Å². The zero-order chi connectivity index (χ0) is 20.0. The highest BCUT2D eigenvalue weighted by atomic mass is 19.1. The lowest BCUT2D eigenvalue weighted by molar-refractivity contribution is 0.239. The number of hydrogen-bond acceptors (Lipinski definition) is 3. The molecule has 0 radical (unpaired) electrons. The fraction of sp³-hybridized carbons (Fsp3) is 0.318. The smallest absolute Gasteiger partial charge is 0.315 e. The summed E-state index contributed by atoms with van der Waals surface area (Å²) in [5.41, 5.74) is 1.84. The van der Waals surface area contributed by atoms with Gasteiger partial charge in [-0.15, -0.1) is 6.42 Å². The lowest BCUT2D eigenvalue weighted by atomic mass is 9.96. The molecule has 3 rings (SSSR count). The minimum atomic E-state index is -0.254. The monoisotopic (exact) mass is 382 g/mol. The van der Waals surface area contributed by atoms with Crippen molar-refractivity contribution in [1.29, 1.82) is 0 Å². The molecule has 1 aliphatic rings. The molecular formula is C22H23FN2O3. The molecule has 6 heteroatoms. The second-order valence-corrected chi connectivity index (χ2v) is 6.80. The van der Waals surface area contributed by atoms with Gasteiger partial charge in [-0.05, 0) is 48.2 Å². The molecule has 1 aliphatic carbocycles. The van der Waals surface area contributed by atoms with Crippen molar-refractivity contribution in [2.75, 3.05) is 20.3 Å². The van der Waals surface area contributed by atoms with Gasteiger partial charge in [0, 0.05) is 18.5 Å². The van der Waals surface area contributed by atoms with E-state index in [4.69, 9.17) is 15.9 Å². The van der Waals surface area contributed by atoms with Crippen molar-refractivity contribution < 1.29 is 18.7 Å². The van der Waals surface area contributed by atoms with E-state index in [1.54, 1.807) is 31.4 Å². The van der Waals surface area contributed by atoms with Gasteiger partial charge in [-0.2, -0.15) is 0 Å². The molecule has 0 saturated heterocycles. The Hall–Kier alpha value is -3.20. The van der Waals surface area contributed by atoms with Gasteiger partial charge in [-0.3, -0.25) is 0 Å². The number of amides is 2. The zero-order valence-corrected chi connectivity index (χ0v) is 15.8. The molecule has 2 N–H and O–H groups in total. The van der Waals surface area contributed by atoms with Crippen molar-refractivity contribution in [3.05, 3.63) is 59.4 Å². The third-order valence-corrected chi connectivity index (χ3v) is 4.89. The van der Waals surface area contributed by atoms with Crippen LogP contribution in [0.1, 0.15) is 24.0 Å². The summed E-state index contributed by atoms with van der Waals surface area (Å²) in [6.45, 7) is 0.995. The van der Waals surface area contributed by atoms with E-state index in [1.165, 1.54) is 12.1 Å². The number of carbonyl (C=O) groups excluding carboxylic acids is 1. The number of hydrogen-bond donors (Lipinski definition) is 2. The van der Waals surface area contributed by atoms with Crippen LogP contribution in [-0.2, 0) is 12.0 Å². The predicted octanol–water partition coefficient (Wildman–Crippen LogP) is 3.38. The fourth-order valence-corrected chi connectivity index (χ4v) is 3.08. The first-order valence-electron chi connectivity index (χ1n) is 9.07. The number of ether oxygens (including phenoxy) is 2. The van der Waals surface area contributed by atoms with Crippen LogP contribution < -0.4 is 20.1 Å². The van der Waals surface area contributed by atoms with Crippen LogP contribution >= 0.6 is 0 Å².